The van der Waals surface area contributed by atoms with Crippen molar-refractivity contribution in [3.05, 3.63) is 12.7 Å². The van der Waals surface area contributed by atoms with Crippen molar-refractivity contribution in [1.82, 2.24) is 4.90 Å². The van der Waals surface area contributed by atoms with E-state index >= 15 is 0 Å². The highest BCUT2D eigenvalue weighted by Crippen LogP contribution is 2.44. The third-order valence-electron chi connectivity index (χ3n) is 2.69. The second-order valence-corrected chi connectivity index (χ2v) is 6.23. The van der Waals surface area contributed by atoms with Crippen LogP contribution in [0.5, 0.6) is 0 Å². The lowest BCUT2D eigenvalue weighted by Gasteiger charge is -2.29. The predicted octanol–water partition coefficient (Wildman–Crippen LogP) is 0.767. The molecule has 90 valence electrons. The van der Waals surface area contributed by atoms with Gasteiger partial charge in [0.25, 0.3) is 0 Å². The van der Waals surface area contributed by atoms with E-state index in [0.29, 0.717) is 0 Å². The largest absolute Gasteiger partial charge is 0.320 e. The Kier molecular flexibility index (Phi) is 3.80. The molecule has 1 heterocycles. The second kappa shape index (κ2) is 4.59. The number of carbonyl (C=O) groups excluding carboxylic acids is 2. The van der Waals surface area contributed by atoms with Crippen molar-refractivity contribution < 1.29 is 9.59 Å². The number of nitrogens with zero attached hydrogens (tertiary/aromatic N) is 1. The molecule has 0 radical (unpaired) electrons. The van der Waals surface area contributed by atoms with Gasteiger partial charge >= 0.3 is 0 Å². The van der Waals surface area contributed by atoms with E-state index in [2.05, 4.69) is 6.58 Å². The molecule has 2 unspecified atom stereocenters. The normalized spacial score (nSPS) is 29.9. The molecular formula is C11H18N2O2S. The molecule has 3 atom stereocenters. The molecule has 0 aromatic rings. The van der Waals surface area contributed by atoms with Gasteiger partial charge in [0.05, 0.1) is 11.4 Å². The highest BCUT2D eigenvalue weighted by Gasteiger charge is 2.48. The van der Waals surface area contributed by atoms with E-state index in [1.165, 1.54) is 4.90 Å². The molecule has 0 bridgehead atoms. The van der Waals surface area contributed by atoms with E-state index in [1.54, 1.807) is 24.8 Å². The molecule has 5 heteroatoms. The van der Waals surface area contributed by atoms with Gasteiger partial charge in [0.1, 0.15) is 12.3 Å². The summed E-state index contributed by atoms with van der Waals surface area (Å²) in [6, 6.07) is -1.04. The minimum absolute atomic E-state index is 0.177. The van der Waals surface area contributed by atoms with Crippen LogP contribution in [0.1, 0.15) is 20.8 Å². The summed E-state index contributed by atoms with van der Waals surface area (Å²) >= 11 is 1.55. The van der Waals surface area contributed by atoms with Gasteiger partial charge in [-0.1, -0.05) is 6.08 Å². The Morgan fingerprint density at radius 3 is 2.56 bits per heavy atom. The number of carbonyl (C=O) groups is 2. The van der Waals surface area contributed by atoms with Gasteiger partial charge in [-0.25, -0.2) is 0 Å². The number of thioether (sulfide) groups is 1. The fourth-order valence-electron chi connectivity index (χ4n) is 1.82. The number of aldehydes is 1. The number of nitrogens with two attached hydrogens (primary N) is 1. The summed E-state index contributed by atoms with van der Waals surface area (Å²) in [5.41, 5.74) is 5.59. The average molecular weight is 242 g/mol. The first-order valence-corrected chi connectivity index (χ1v) is 6.06. The van der Waals surface area contributed by atoms with E-state index < -0.39 is 12.1 Å². The third-order valence-corrected chi connectivity index (χ3v) is 4.20. The lowest BCUT2D eigenvalue weighted by Crippen LogP contribution is -2.51. The van der Waals surface area contributed by atoms with Crippen molar-refractivity contribution in [3.63, 3.8) is 0 Å². The van der Waals surface area contributed by atoms with Crippen LogP contribution in [0.25, 0.3) is 0 Å². The highest BCUT2D eigenvalue weighted by atomic mass is 32.2. The summed E-state index contributed by atoms with van der Waals surface area (Å²) in [5, 5.41) is -0.177. The molecule has 0 spiro atoms. The maximum absolute atomic E-state index is 12.0. The molecule has 0 aliphatic carbocycles. The van der Waals surface area contributed by atoms with Crippen LogP contribution >= 0.6 is 11.8 Å². The molecular weight excluding hydrogens is 224 g/mol. The zero-order valence-corrected chi connectivity index (χ0v) is 10.7. The zero-order chi connectivity index (χ0) is 12.5. The zero-order valence-electron chi connectivity index (χ0n) is 9.84. The minimum atomic E-state index is -0.598. The van der Waals surface area contributed by atoms with Crippen molar-refractivity contribution >= 4 is 24.0 Å². The first-order chi connectivity index (χ1) is 7.35. The number of hydrogen-bond acceptors (Lipinski definition) is 4. The third kappa shape index (κ3) is 2.15. The van der Waals surface area contributed by atoms with Crippen LogP contribution in [0, 0.1) is 0 Å². The van der Waals surface area contributed by atoms with E-state index in [0.717, 1.165) is 6.29 Å². The quantitative estimate of drug-likeness (QED) is 0.586. The first kappa shape index (κ1) is 13.3. The number of amides is 1. The molecule has 4 nitrogen and oxygen atoms in total. The van der Waals surface area contributed by atoms with E-state index in [-0.39, 0.29) is 16.0 Å². The lowest BCUT2D eigenvalue weighted by molar-refractivity contribution is -0.137. The van der Waals surface area contributed by atoms with Crippen LogP contribution in [0.4, 0.5) is 0 Å². The molecule has 1 aliphatic rings. The van der Waals surface area contributed by atoms with Gasteiger partial charge in [-0.15, -0.1) is 18.3 Å². The molecule has 1 aliphatic heterocycles. The van der Waals surface area contributed by atoms with E-state index in [1.807, 2.05) is 13.8 Å². The second-order valence-electron chi connectivity index (χ2n) is 4.46. The molecule has 1 rings (SSSR count). The van der Waals surface area contributed by atoms with Crippen molar-refractivity contribution in [2.24, 2.45) is 5.73 Å². The van der Waals surface area contributed by atoms with Gasteiger partial charge in [0.15, 0.2) is 0 Å². The van der Waals surface area contributed by atoms with Gasteiger partial charge in [0, 0.05) is 4.75 Å². The topological polar surface area (TPSA) is 63.4 Å². The van der Waals surface area contributed by atoms with Gasteiger partial charge in [-0.3, -0.25) is 4.79 Å². The lowest BCUT2D eigenvalue weighted by atomic mass is 10.0. The van der Waals surface area contributed by atoms with Crippen molar-refractivity contribution in [3.8, 4) is 0 Å². The molecule has 0 saturated carbocycles. The predicted molar refractivity (Wildman–Crippen MR) is 66.0 cm³/mol. The molecule has 1 saturated heterocycles. The smallest absolute Gasteiger partial charge is 0.241 e. The molecule has 0 aromatic heterocycles. The summed E-state index contributed by atoms with van der Waals surface area (Å²) in [4.78, 5) is 24.6. The summed E-state index contributed by atoms with van der Waals surface area (Å²) in [6.07, 6.45) is 2.49. The van der Waals surface area contributed by atoms with Crippen LogP contribution < -0.4 is 5.73 Å². The first-order valence-electron chi connectivity index (χ1n) is 5.18. The standard InChI is InChI=1S/C11H18N2O2S/c1-5-9-13(10(15)7(2)12)8(6-14)11(3,4)16-9/h5-9H,1,12H2,2-4H3/t7?,8?,9-/m1/s1. The Bertz CT molecular complexity index is 315. The summed E-state index contributed by atoms with van der Waals surface area (Å²) in [7, 11) is 0. The van der Waals surface area contributed by atoms with Gasteiger partial charge in [-0.05, 0) is 20.8 Å². The Morgan fingerprint density at radius 2 is 2.19 bits per heavy atom. The molecule has 2 N–H and O–H groups in total. The Morgan fingerprint density at radius 1 is 1.62 bits per heavy atom. The highest BCUT2D eigenvalue weighted by molar-refractivity contribution is 8.01. The summed E-state index contributed by atoms with van der Waals surface area (Å²) in [6.45, 7) is 9.22. The maximum atomic E-state index is 12.0. The summed E-state index contributed by atoms with van der Waals surface area (Å²) in [5.74, 6) is -0.208. The van der Waals surface area contributed by atoms with Crippen molar-refractivity contribution in [1.29, 1.82) is 0 Å². The maximum Gasteiger partial charge on any atom is 0.241 e. The molecule has 1 fully saturated rings. The van der Waals surface area contributed by atoms with Gasteiger partial charge < -0.3 is 15.4 Å². The number of rotatable bonds is 3. The molecule has 0 aromatic carbocycles. The molecule has 1 amide bonds. The number of hydrogen-bond donors (Lipinski definition) is 1. The minimum Gasteiger partial charge on any atom is -0.320 e. The average Bonchev–Trinajstić information content (AvgIpc) is 2.47. The van der Waals surface area contributed by atoms with Crippen molar-refractivity contribution in [2.75, 3.05) is 0 Å². The Balaban J connectivity index is 3.07. The van der Waals surface area contributed by atoms with Crippen LogP contribution in [-0.2, 0) is 9.59 Å². The fraction of sp³-hybridized carbons (Fsp3) is 0.636. The van der Waals surface area contributed by atoms with Gasteiger partial charge in [0.2, 0.25) is 5.91 Å². The van der Waals surface area contributed by atoms with Crippen LogP contribution in [-0.4, -0.2) is 39.3 Å². The Labute approximate surface area is 100 Å². The van der Waals surface area contributed by atoms with E-state index in [9.17, 15) is 9.59 Å². The molecule has 16 heavy (non-hydrogen) atoms. The monoisotopic (exact) mass is 242 g/mol. The fourth-order valence-corrected chi connectivity index (χ4v) is 3.20. The van der Waals surface area contributed by atoms with Crippen LogP contribution in [0.3, 0.4) is 0 Å². The summed E-state index contributed by atoms with van der Waals surface area (Å²) < 4.78 is -0.300. The van der Waals surface area contributed by atoms with Crippen LogP contribution in [0.15, 0.2) is 12.7 Å². The SMILES string of the molecule is C=C[C@H]1SC(C)(C)C(C=O)N1C(=O)C(C)N. The van der Waals surface area contributed by atoms with Crippen molar-refractivity contribution in [2.45, 2.75) is 43.0 Å². The van der Waals surface area contributed by atoms with Gasteiger partial charge in [-0.2, -0.15) is 0 Å². The van der Waals surface area contributed by atoms with Crippen LogP contribution in [0.2, 0.25) is 0 Å². The Hall–Kier alpha value is -0.810. The van der Waals surface area contributed by atoms with E-state index in [4.69, 9.17) is 5.73 Å².